The van der Waals surface area contributed by atoms with E-state index in [1.807, 2.05) is 31.2 Å². The van der Waals surface area contributed by atoms with Crippen molar-refractivity contribution in [2.75, 3.05) is 18.5 Å². The third-order valence-electron chi connectivity index (χ3n) is 2.37. The normalized spacial score (nSPS) is 22.6. The minimum Gasteiger partial charge on any atom is -0.488 e. The lowest BCUT2D eigenvalue weighted by Crippen LogP contribution is -2.18. The van der Waals surface area contributed by atoms with Crippen LogP contribution in [0.15, 0.2) is 24.3 Å². The Morgan fingerprint density at radius 3 is 2.88 bits per heavy atom. The average Bonchev–Trinajstić information content (AvgIpc) is 2.95. The number of epoxide rings is 1. The molecule has 0 bridgehead atoms. The molecule has 0 aliphatic carbocycles. The van der Waals surface area contributed by atoms with Gasteiger partial charge in [-0.15, -0.1) is 0 Å². The summed E-state index contributed by atoms with van der Waals surface area (Å²) < 4.78 is 10.9. The molecule has 1 fully saturated rings. The quantitative estimate of drug-likeness (QED) is 0.789. The maximum atomic E-state index is 11.0. The number of carbonyl (C=O) groups excluding carboxylic acids is 1. The molecule has 2 rings (SSSR count). The predicted molar refractivity (Wildman–Crippen MR) is 60.6 cm³/mol. The number of benzene rings is 1. The molecule has 86 valence electrons. The lowest BCUT2D eigenvalue weighted by Gasteiger charge is -2.12. The van der Waals surface area contributed by atoms with Crippen LogP contribution in [0.3, 0.4) is 0 Å². The van der Waals surface area contributed by atoms with Gasteiger partial charge in [0.15, 0.2) is 0 Å². The summed E-state index contributed by atoms with van der Waals surface area (Å²) >= 11 is 0. The van der Waals surface area contributed by atoms with Crippen LogP contribution in [0.4, 0.5) is 5.69 Å². The third-order valence-corrected chi connectivity index (χ3v) is 2.37. The lowest BCUT2D eigenvalue weighted by molar-refractivity contribution is -0.114. The van der Waals surface area contributed by atoms with Crippen molar-refractivity contribution in [3.63, 3.8) is 0 Å². The van der Waals surface area contributed by atoms with Gasteiger partial charge in [0.05, 0.1) is 12.3 Å². The number of amides is 1. The van der Waals surface area contributed by atoms with Gasteiger partial charge in [-0.2, -0.15) is 0 Å². The van der Waals surface area contributed by atoms with Crippen LogP contribution in [0.5, 0.6) is 5.75 Å². The van der Waals surface area contributed by atoms with Crippen LogP contribution in [0.1, 0.15) is 13.8 Å². The molecule has 16 heavy (non-hydrogen) atoms. The molecule has 0 unspecified atom stereocenters. The number of nitrogens with one attached hydrogen (secondary N) is 1. The van der Waals surface area contributed by atoms with E-state index in [4.69, 9.17) is 9.47 Å². The van der Waals surface area contributed by atoms with E-state index in [2.05, 4.69) is 5.32 Å². The van der Waals surface area contributed by atoms with Crippen LogP contribution in [-0.2, 0) is 9.53 Å². The van der Waals surface area contributed by atoms with E-state index in [0.29, 0.717) is 18.0 Å². The van der Waals surface area contributed by atoms with E-state index in [1.165, 1.54) is 6.92 Å². The van der Waals surface area contributed by atoms with E-state index in [1.54, 1.807) is 0 Å². The zero-order valence-electron chi connectivity index (χ0n) is 9.45. The second kappa shape index (κ2) is 4.14. The van der Waals surface area contributed by atoms with Crippen LogP contribution >= 0.6 is 0 Å². The number of anilines is 1. The maximum absolute atomic E-state index is 11.0. The van der Waals surface area contributed by atoms with Gasteiger partial charge in [-0.05, 0) is 19.1 Å². The largest absolute Gasteiger partial charge is 0.488 e. The fourth-order valence-corrected chi connectivity index (χ4v) is 1.32. The fourth-order valence-electron chi connectivity index (χ4n) is 1.32. The number of hydrogen-bond donors (Lipinski definition) is 1. The summed E-state index contributed by atoms with van der Waals surface area (Å²) in [6.45, 7) is 4.70. The second-order valence-electron chi connectivity index (χ2n) is 4.20. The Bertz CT molecular complexity index is 399. The van der Waals surface area contributed by atoms with E-state index >= 15 is 0 Å². The van der Waals surface area contributed by atoms with Gasteiger partial charge in [0, 0.05) is 6.92 Å². The Morgan fingerprint density at radius 2 is 2.25 bits per heavy atom. The van der Waals surface area contributed by atoms with Crippen molar-refractivity contribution in [3.8, 4) is 5.75 Å². The van der Waals surface area contributed by atoms with Gasteiger partial charge in [0.2, 0.25) is 5.91 Å². The van der Waals surface area contributed by atoms with E-state index < -0.39 is 0 Å². The summed E-state index contributed by atoms with van der Waals surface area (Å²) in [7, 11) is 0. The molecule has 1 aromatic carbocycles. The molecule has 1 aliphatic rings. The first-order chi connectivity index (χ1) is 7.59. The highest BCUT2D eigenvalue weighted by atomic mass is 16.6. The van der Waals surface area contributed by atoms with Crippen LogP contribution in [-0.4, -0.2) is 24.7 Å². The Hall–Kier alpha value is -1.55. The second-order valence-corrected chi connectivity index (χ2v) is 4.20. The summed E-state index contributed by atoms with van der Waals surface area (Å²) in [5.74, 6) is 0.569. The van der Waals surface area contributed by atoms with Gasteiger partial charge in [0.1, 0.15) is 18.0 Å². The van der Waals surface area contributed by atoms with E-state index in [-0.39, 0.29) is 11.5 Å². The molecule has 4 heteroatoms. The number of para-hydroxylation sites is 2. The zero-order chi connectivity index (χ0) is 11.6. The molecule has 1 atom stereocenters. The van der Waals surface area contributed by atoms with Crippen LogP contribution in [0, 0.1) is 0 Å². The summed E-state index contributed by atoms with van der Waals surface area (Å²) in [5, 5.41) is 2.73. The van der Waals surface area contributed by atoms with Crippen molar-refractivity contribution in [1.82, 2.24) is 0 Å². The van der Waals surface area contributed by atoms with Crippen molar-refractivity contribution in [3.05, 3.63) is 24.3 Å². The van der Waals surface area contributed by atoms with Crippen molar-refractivity contribution in [2.45, 2.75) is 19.4 Å². The smallest absolute Gasteiger partial charge is 0.221 e. The van der Waals surface area contributed by atoms with Gasteiger partial charge >= 0.3 is 0 Å². The Morgan fingerprint density at radius 1 is 1.56 bits per heavy atom. The standard InChI is InChI=1S/C12H15NO3/c1-9(14)13-10-5-3-4-6-11(10)15-7-12(2)8-16-12/h3-6H,7-8H2,1-2H3,(H,13,14)/t12-/m0/s1. The number of carbonyl (C=O) groups is 1. The Labute approximate surface area is 94.6 Å². The molecule has 1 heterocycles. The monoisotopic (exact) mass is 221 g/mol. The summed E-state index contributed by atoms with van der Waals surface area (Å²) in [4.78, 5) is 11.0. The number of hydrogen-bond acceptors (Lipinski definition) is 3. The molecular weight excluding hydrogens is 206 g/mol. The SMILES string of the molecule is CC(=O)Nc1ccccc1OC[C@@]1(C)CO1. The highest BCUT2D eigenvalue weighted by Crippen LogP contribution is 2.29. The average molecular weight is 221 g/mol. The van der Waals surface area contributed by atoms with E-state index in [9.17, 15) is 4.79 Å². The van der Waals surface area contributed by atoms with Gasteiger partial charge in [0.25, 0.3) is 0 Å². The highest BCUT2D eigenvalue weighted by molar-refractivity contribution is 5.90. The van der Waals surface area contributed by atoms with Crippen molar-refractivity contribution in [2.24, 2.45) is 0 Å². The molecule has 4 nitrogen and oxygen atoms in total. The molecule has 1 saturated heterocycles. The molecule has 1 amide bonds. The molecular formula is C12H15NO3. The predicted octanol–water partition coefficient (Wildman–Crippen LogP) is 1.81. The van der Waals surface area contributed by atoms with Gasteiger partial charge in [-0.25, -0.2) is 0 Å². The van der Waals surface area contributed by atoms with Crippen molar-refractivity contribution < 1.29 is 14.3 Å². The molecule has 1 aromatic rings. The fraction of sp³-hybridized carbons (Fsp3) is 0.417. The maximum Gasteiger partial charge on any atom is 0.221 e. The molecule has 0 aromatic heterocycles. The van der Waals surface area contributed by atoms with Crippen molar-refractivity contribution >= 4 is 11.6 Å². The summed E-state index contributed by atoms with van der Waals surface area (Å²) in [6, 6.07) is 7.37. The summed E-state index contributed by atoms with van der Waals surface area (Å²) in [5.41, 5.74) is 0.544. The minimum absolute atomic E-state index is 0.107. The Balaban J connectivity index is 2.03. The first-order valence-electron chi connectivity index (χ1n) is 5.22. The summed E-state index contributed by atoms with van der Waals surface area (Å²) in [6.07, 6.45) is 0. The molecule has 1 N–H and O–H groups in total. The van der Waals surface area contributed by atoms with Crippen LogP contribution < -0.4 is 10.1 Å². The van der Waals surface area contributed by atoms with Crippen LogP contribution in [0.2, 0.25) is 0 Å². The molecule has 0 radical (unpaired) electrons. The number of rotatable bonds is 4. The van der Waals surface area contributed by atoms with Gasteiger partial charge in [-0.1, -0.05) is 12.1 Å². The molecule has 0 spiro atoms. The minimum atomic E-state index is -0.149. The zero-order valence-corrected chi connectivity index (χ0v) is 9.45. The van der Waals surface area contributed by atoms with E-state index in [0.717, 1.165) is 6.61 Å². The molecule has 0 saturated carbocycles. The highest BCUT2D eigenvalue weighted by Gasteiger charge is 2.40. The van der Waals surface area contributed by atoms with Crippen LogP contribution in [0.25, 0.3) is 0 Å². The van der Waals surface area contributed by atoms with Gasteiger partial charge in [-0.3, -0.25) is 4.79 Å². The Kier molecular flexibility index (Phi) is 2.83. The third kappa shape index (κ3) is 2.73. The topological polar surface area (TPSA) is 50.9 Å². The number of ether oxygens (including phenoxy) is 2. The molecule has 1 aliphatic heterocycles. The first kappa shape index (κ1) is 11.0. The van der Waals surface area contributed by atoms with Crippen molar-refractivity contribution in [1.29, 1.82) is 0 Å². The van der Waals surface area contributed by atoms with Gasteiger partial charge < -0.3 is 14.8 Å². The first-order valence-corrected chi connectivity index (χ1v) is 5.22. The lowest BCUT2D eigenvalue weighted by atomic mass is 10.2.